The van der Waals surface area contributed by atoms with E-state index in [1.807, 2.05) is 26.0 Å². The molecule has 0 saturated heterocycles. The Balaban J connectivity index is 3.24. The number of amides is 1. The van der Waals surface area contributed by atoms with E-state index in [2.05, 4.69) is 11.5 Å². The van der Waals surface area contributed by atoms with Crippen LogP contribution in [0.25, 0.3) is 6.08 Å². The normalized spacial score (nSPS) is 13.1. The van der Waals surface area contributed by atoms with Gasteiger partial charge >= 0.3 is 0 Å². The molecule has 0 aromatic carbocycles. The van der Waals surface area contributed by atoms with Gasteiger partial charge in [-0.05, 0) is 38.5 Å². The molecule has 0 saturated carbocycles. The van der Waals surface area contributed by atoms with Crippen LogP contribution in [-0.2, 0) is 9.53 Å². The summed E-state index contributed by atoms with van der Waals surface area (Å²) in [6, 6.07) is 3.93. The molecule has 2 N–H and O–H groups in total. The quantitative estimate of drug-likeness (QED) is 0.647. The van der Waals surface area contributed by atoms with Crippen molar-refractivity contribution in [2.45, 2.75) is 26.8 Å². The molecule has 0 aliphatic heterocycles. The second-order valence-electron chi connectivity index (χ2n) is 4.53. The SMILES string of the molecule is COCC(C)n1c(C)cc(/C=C(\C#N)C(N)=O)c1C. The summed E-state index contributed by atoms with van der Waals surface area (Å²) in [5.74, 6) is -0.711. The maximum Gasteiger partial charge on any atom is 0.259 e. The van der Waals surface area contributed by atoms with Crippen LogP contribution in [0.1, 0.15) is 29.9 Å². The third kappa shape index (κ3) is 3.24. The van der Waals surface area contributed by atoms with Crippen molar-refractivity contribution in [1.29, 1.82) is 5.26 Å². The number of aromatic nitrogens is 1. The van der Waals surface area contributed by atoms with Crippen molar-refractivity contribution in [3.05, 3.63) is 28.6 Å². The molecule has 1 rings (SSSR count). The van der Waals surface area contributed by atoms with E-state index in [-0.39, 0.29) is 11.6 Å². The predicted octanol–water partition coefficient (Wildman–Crippen LogP) is 1.70. The van der Waals surface area contributed by atoms with E-state index < -0.39 is 5.91 Å². The highest BCUT2D eigenvalue weighted by atomic mass is 16.5. The van der Waals surface area contributed by atoms with E-state index in [0.29, 0.717) is 6.61 Å². The number of carbonyl (C=O) groups is 1. The molecule has 5 nitrogen and oxygen atoms in total. The minimum atomic E-state index is -0.711. The first kappa shape index (κ1) is 15.0. The second kappa shape index (κ2) is 6.21. The summed E-state index contributed by atoms with van der Waals surface area (Å²) in [5.41, 5.74) is 7.96. The first-order valence-electron chi connectivity index (χ1n) is 6.01. The maximum atomic E-state index is 11.1. The monoisotopic (exact) mass is 261 g/mol. The minimum Gasteiger partial charge on any atom is -0.383 e. The molecule has 0 fully saturated rings. The van der Waals surface area contributed by atoms with Crippen LogP contribution in [0.5, 0.6) is 0 Å². The van der Waals surface area contributed by atoms with Gasteiger partial charge in [-0.25, -0.2) is 0 Å². The number of methoxy groups -OCH3 is 1. The zero-order valence-corrected chi connectivity index (χ0v) is 11.7. The Bertz CT molecular complexity index is 550. The Hall–Kier alpha value is -2.06. The van der Waals surface area contributed by atoms with Crippen molar-refractivity contribution < 1.29 is 9.53 Å². The number of nitrogens with two attached hydrogens (primary N) is 1. The first-order chi connectivity index (χ1) is 8.92. The van der Waals surface area contributed by atoms with Crippen molar-refractivity contribution in [2.24, 2.45) is 5.73 Å². The van der Waals surface area contributed by atoms with Crippen molar-refractivity contribution in [3.8, 4) is 6.07 Å². The van der Waals surface area contributed by atoms with Crippen LogP contribution in [0, 0.1) is 25.2 Å². The number of hydrogen-bond donors (Lipinski definition) is 1. The van der Waals surface area contributed by atoms with Crippen LogP contribution >= 0.6 is 0 Å². The molecule has 0 spiro atoms. The summed E-state index contributed by atoms with van der Waals surface area (Å²) >= 11 is 0. The minimum absolute atomic E-state index is 0.0420. The Morgan fingerprint density at radius 3 is 2.74 bits per heavy atom. The molecule has 0 bridgehead atoms. The van der Waals surface area contributed by atoms with Crippen LogP contribution < -0.4 is 5.73 Å². The van der Waals surface area contributed by atoms with Crippen LogP contribution in [-0.4, -0.2) is 24.2 Å². The van der Waals surface area contributed by atoms with E-state index >= 15 is 0 Å². The standard InChI is InChI=1S/C14H19N3O2/c1-9-5-12(6-13(7-15)14(16)18)11(3)17(9)10(2)8-19-4/h5-6,10H,8H2,1-4H3,(H2,16,18)/b13-6+. The molecule has 0 aliphatic carbocycles. The Kier molecular flexibility index (Phi) is 4.90. The molecule has 0 radical (unpaired) electrons. The zero-order chi connectivity index (χ0) is 14.6. The number of rotatable bonds is 5. The fourth-order valence-electron chi connectivity index (χ4n) is 2.26. The molecule has 5 heteroatoms. The topological polar surface area (TPSA) is 81.0 Å². The molecule has 1 heterocycles. The molecule has 1 atom stereocenters. The second-order valence-corrected chi connectivity index (χ2v) is 4.53. The largest absolute Gasteiger partial charge is 0.383 e. The third-order valence-electron chi connectivity index (χ3n) is 3.06. The van der Waals surface area contributed by atoms with E-state index in [1.165, 1.54) is 6.08 Å². The number of aryl methyl sites for hydroxylation is 1. The fourth-order valence-corrected chi connectivity index (χ4v) is 2.26. The van der Waals surface area contributed by atoms with E-state index in [1.54, 1.807) is 7.11 Å². The van der Waals surface area contributed by atoms with E-state index in [4.69, 9.17) is 15.7 Å². The lowest BCUT2D eigenvalue weighted by Crippen LogP contribution is -2.14. The van der Waals surface area contributed by atoms with Gasteiger partial charge in [-0.15, -0.1) is 0 Å². The summed E-state index contributed by atoms with van der Waals surface area (Å²) < 4.78 is 7.27. The summed E-state index contributed by atoms with van der Waals surface area (Å²) in [6.45, 7) is 6.57. The van der Waals surface area contributed by atoms with Gasteiger partial charge in [-0.1, -0.05) is 0 Å². The lowest BCUT2D eigenvalue weighted by atomic mass is 10.1. The van der Waals surface area contributed by atoms with Crippen LogP contribution in [0.3, 0.4) is 0 Å². The summed E-state index contributed by atoms with van der Waals surface area (Å²) in [7, 11) is 1.66. The first-order valence-corrected chi connectivity index (χ1v) is 6.01. The lowest BCUT2D eigenvalue weighted by molar-refractivity contribution is -0.114. The maximum absolute atomic E-state index is 11.1. The third-order valence-corrected chi connectivity index (χ3v) is 3.06. The summed E-state index contributed by atoms with van der Waals surface area (Å²) in [6.07, 6.45) is 1.53. The fraction of sp³-hybridized carbons (Fsp3) is 0.429. The van der Waals surface area contributed by atoms with Gasteiger partial charge in [0.2, 0.25) is 0 Å². The van der Waals surface area contributed by atoms with E-state index in [9.17, 15) is 4.79 Å². The number of hydrogen-bond acceptors (Lipinski definition) is 3. The van der Waals surface area contributed by atoms with Gasteiger partial charge in [-0.2, -0.15) is 5.26 Å². The highest BCUT2D eigenvalue weighted by Crippen LogP contribution is 2.22. The van der Waals surface area contributed by atoms with Gasteiger partial charge in [0.25, 0.3) is 5.91 Å². The summed E-state index contributed by atoms with van der Waals surface area (Å²) in [4.78, 5) is 11.1. The molecular formula is C14H19N3O2. The molecule has 1 aromatic rings. The van der Waals surface area contributed by atoms with Crippen molar-refractivity contribution >= 4 is 12.0 Å². The number of nitrogens with zero attached hydrogens (tertiary/aromatic N) is 2. The zero-order valence-electron chi connectivity index (χ0n) is 11.7. The van der Waals surface area contributed by atoms with Gasteiger partial charge in [0.05, 0.1) is 12.6 Å². The molecule has 1 aromatic heterocycles. The molecule has 1 unspecified atom stereocenters. The van der Waals surface area contributed by atoms with E-state index in [0.717, 1.165) is 17.0 Å². The smallest absolute Gasteiger partial charge is 0.259 e. The molecular weight excluding hydrogens is 242 g/mol. The predicted molar refractivity (Wildman–Crippen MR) is 73.3 cm³/mol. The van der Waals surface area contributed by atoms with Gasteiger partial charge in [0.1, 0.15) is 11.6 Å². The van der Waals surface area contributed by atoms with Crippen molar-refractivity contribution in [1.82, 2.24) is 4.57 Å². The molecule has 19 heavy (non-hydrogen) atoms. The Morgan fingerprint density at radius 2 is 2.26 bits per heavy atom. The lowest BCUT2D eigenvalue weighted by Gasteiger charge is -2.17. The Morgan fingerprint density at radius 1 is 1.63 bits per heavy atom. The molecule has 0 aliphatic rings. The van der Waals surface area contributed by atoms with Crippen LogP contribution in [0.4, 0.5) is 0 Å². The average Bonchev–Trinajstić information content (AvgIpc) is 2.61. The number of carbonyl (C=O) groups excluding carboxylic acids is 1. The highest BCUT2D eigenvalue weighted by molar-refractivity contribution is 6.00. The number of primary amides is 1. The van der Waals surface area contributed by atoms with Crippen molar-refractivity contribution in [2.75, 3.05) is 13.7 Å². The average molecular weight is 261 g/mol. The Labute approximate surface area is 113 Å². The molecule has 102 valence electrons. The van der Waals surface area contributed by atoms with Crippen LogP contribution in [0.2, 0.25) is 0 Å². The van der Waals surface area contributed by atoms with Gasteiger partial charge in [-0.3, -0.25) is 4.79 Å². The van der Waals surface area contributed by atoms with Crippen molar-refractivity contribution in [3.63, 3.8) is 0 Å². The van der Waals surface area contributed by atoms with Gasteiger partial charge < -0.3 is 15.0 Å². The number of ether oxygens (including phenoxy) is 1. The molecule has 1 amide bonds. The van der Waals surface area contributed by atoms with Crippen LogP contribution in [0.15, 0.2) is 11.6 Å². The van der Waals surface area contributed by atoms with Gasteiger partial charge in [0.15, 0.2) is 0 Å². The summed E-state index contributed by atoms with van der Waals surface area (Å²) in [5, 5.41) is 8.87. The van der Waals surface area contributed by atoms with Gasteiger partial charge in [0, 0.05) is 18.5 Å². The highest BCUT2D eigenvalue weighted by Gasteiger charge is 2.14. The number of nitriles is 1.